The Bertz CT molecular complexity index is 469. The van der Waals surface area contributed by atoms with E-state index in [4.69, 9.17) is 10.9 Å². The highest BCUT2D eigenvalue weighted by atomic mass is 16.4. The van der Waals surface area contributed by atoms with E-state index in [9.17, 15) is 4.79 Å². The lowest BCUT2D eigenvalue weighted by Gasteiger charge is -2.30. The smallest absolute Gasteiger partial charge is 0.234 e. The van der Waals surface area contributed by atoms with E-state index in [1.807, 2.05) is 39.0 Å². The average molecular weight is 278 g/mol. The van der Waals surface area contributed by atoms with Crippen molar-refractivity contribution in [3.8, 4) is 0 Å². The van der Waals surface area contributed by atoms with Crippen molar-refractivity contribution in [1.29, 1.82) is 0 Å². The summed E-state index contributed by atoms with van der Waals surface area (Å²) in [6.07, 6.45) is 2.59. The Morgan fingerprint density at radius 3 is 2.60 bits per heavy atom. The van der Waals surface area contributed by atoms with Gasteiger partial charge in [0, 0.05) is 6.20 Å². The minimum atomic E-state index is -0.988. The second-order valence-electron chi connectivity index (χ2n) is 4.72. The first-order valence-corrected chi connectivity index (χ1v) is 6.71. The van der Waals surface area contributed by atoms with E-state index in [-0.39, 0.29) is 17.8 Å². The highest BCUT2D eigenvalue weighted by Crippen LogP contribution is 2.28. The zero-order chi connectivity index (χ0) is 15.2. The molecule has 20 heavy (non-hydrogen) atoms. The fraction of sp³-hybridized carbons (Fsp3) is 0.500. The van der Waals surface area contributed by atoms with Crippen LogP contribution in [0.5, 0.6) is 0 Å². The van der Waals surface area contributed by atoms with E-state index >= 15 is 0 Å². The van der Waals surface area contributed by atoms with Crippen molar-refractivity contribution in [3.05, 3.63) is 30.1 Å². The molecule has 0 aromatic carbocycles. The quantitative estimate of drug-likeness (QED) is 0.320. The van der Waals surface area contributed by atoms with Crippen molar-refractivity contribution < 1.29 is 10.0 Å². The Morgan fingerprint density at radius 2 is 2.15 bits per heavy atom. The zero-order valence-electron chi connectivity index (χ0n) is 12.1. The summed E-state index contributed by atoms with van der Waals surface area (Å²) in [7, 11) is 0. The van der Waals surface area contributed by atoms with Crippen molar-refractivity contribution in [1.82, 2.24) is 10.3 Å². The number of rotatable bonds is 6. The number of aromatic nitrogens is 1. The number of hydrogen-bond donors (Lipinski definition) is 3. The van der Waals surface area contributed by atoms with E-state index in [0.717, 1.165) is 5.69 Å². The number of nitrogens with one attached hydrogen (secondary N) is 1. The predicted molar refractivity (Wildman–Crippen MR) is 77.2 cm³/mol. The highest BCUT2D eigenvalue weighted by Gasteiger charge is 2.40. The van der Waals surface area contributed by atoms with Crippen LogP contribution >= 0.6 is 0 Å². The summed E-state index contributed by atoms with van der Waals surface area (Å²) in [5.41, 5.74) is 5.49. The largest absolute Gasteiger partial charge is 0.409 e. The normalized spacial score (nSPS) is 13.8. The van der Waals surface area contributed by atoms with Crippen LogP contribution in [0.15, 0.2) is 29.6 Å². The van der Waals surface area contributed by atoms with Crippen LogP contribution in [0.2, 0.25) is 0 Å². The fourth-order valence-electron chi connectivity index (χ4n) is 2.19. The van der Waals surface area contributed by atoms with Crippen molar-refractivity contribution in [2.75, 3.05) is 0 Å². The number of pyridine rings is 1. The summed E-state index contributed by atoms with van der Waals surface area (Å²) >= 11 is 0. The molecule has 1 aromatic heterocycles. The molecule has 0 saturated heterocycles. The van der Waals surface area contributed by atoms with Gasteiger partial charge >= 0.3 is 0 Å². The first-order valence-electron chi connectivity index (χ1n) is 6.71. The number of amides is 1. The van der Waals surface area contributed by atoms with Crippen molar-refractivity contribution in [2.45, 2.75) is 39.7 Å². The maximum Gasteiger partial charge on any atom is 0.234 e. The number of hydrogen-bond acceptors (Lipinski definition) is 4. The second kappa shape index (κ2) is 6.88. The third-order valence-corrected chi connectivity index (χ3v) is 3.72. The first-order chi connectivity index (χ1) is 9.51. The molecule has 0 aliphatic heterocycles. The Hall–Kier alpha value is -2.11. The van der Waals surface area contributed by atoms with E-state index < -0.39 is 5.41 Å². The van der Waals surface area contributed by atoms with Crippen LogP contribution in [0.1, 0.15) is 45.3 Å². The van der Waals surface area contributed by atoms with Crippen LogP contribution in [0.25, 0.3) is 0 Å². The summed E-state index contributed by atoms with van der Waals surface area (Å²) < 4.78 is 0. The summed E-state index contributed by atoms with van der Waals surface area (Å²) in [4.78, 5) is 16.7. The van der Waals surface area contributed by atoms with E-state index in [1.54, 1.807) is 6.20 Å². The number of nitrogens with two attached hydrogens (primary N) is 1. The van der Waals surface area contributed by atoms with Crippen LogP contribution in [0.3, 0.4) is 0 Å². The number of amidine groups is 1. The van der Waals surface area contributed by atoms with Crippen LogP contribution in [-0.4, -0.2) is 21.9 Å². The van der Waals surface area contributed by atoms with Crippen molar-refractivity contribution in [3.63, 3.8) is 0 Å². The van der Waals surface area contributed by atoms with Crippen LogP contribution in [0, 0.1) is 5.41 Å². The molecule has 0 aliphatic carbocycles. The highest BCUT2D eigenvalue weighted by molar-refractivity contribution is 6.06. The molecule has 0 bridgehead atoms. The first kappa shape index (κ1) is 15.9. The number of nitrogens with zero attached hydrogens (tertiary/aromatic N) is 2. The summed E-state index contributed by atoms with van der Waals surface area (Å²) in [6, 6.07) is 5.28. The average Bonchev–Trinajstić information content (AvgIpc) is 2.49. The number of carbonyl (C=O) groups is 1. The third kappa shape index (κ3) is 3.07. The standard InChI is InChI=1S/C14H22N4O2/c1-4-14(5-2,12(15)18-20)13(19)17-10(3)11-8-6-7-9-16-11/h6-10,20H,4-5H2,1-3H3,(H2,15,18)(H,17,19). The van der Waals surface area contributed by atoms with Crippen molar-refractivity contribution >= 4 is 11.7 Å². The Labute approximate surface area is 119 Å². The Balaban J connectivity index is 2.93. The van der Waals surface area contributed by atoms with E-state index in [1.165, 1.54) is 0 Å². The zero-order valence-corrected chi connectivity index (χ0v) is 12.1. The molecule has 1 aromatic rings. The van der Waals surface area contributed by atoms with Gasteiger partial charge in [0.2, 0.25) is 5.91 Å². The molecule has 1 heterocycles. The third-order valence-electron chi connectivity index (χ3n) is 3.72. The molecule has 6 heteroatoms. The minimum absolute atomic E-state index is 0.0618. The molecule has 6 nitrogen and oxygen atoms in total. The SMILES string of the molecule is CCC(CC)(C(=O)NC(C)c1ccccn1)C(N)=NO. The molecular formula is C14H22N4O2. The molecule has 1 unspecified atom stereocenters. The van der Waals surface area contributed by atoms with E-state index in [2.05, 4.69) is 15.5 Å². The van der Waals surface area contributed by atoms with Gasteiger partial charge in [0.15, 0.2) is 5.84 Å². The molecule has 0 radical (unpaired) electrons. The van der Waals surface area contributed by atoms with Gasteiger partial charge in [-0.25, -0.2) is 0 Å². The van der Waals surface area contributed by atoms with Gasteiger partial charge in [0.25, 0.3) is 0 Å². The molecule has 1 rings (SSSR count). The lowest BCUT2D eigenvalue weighted by molar-refractivity contribution is -0.128. The maximum absolute atomic E-state index is 12.5. The van der Waals surface area contributed by atoms with Crippen molar-refractivity contribution in [2.24, 2.45) is 16.3 Å². The fourth-order valence-corrected chi connectivity index (χ4v) is 2.19. The lowest BCUT2D eigenvalue weighted by Crippen LogP contribution is -2.49. The summed E-state index contributed by atoms with van der Waals surface area (Å²) in [6.45, 7) is 5.53. The Kier molecular flexibility index (Phi) is 5.49. The molecule has 0 fully saturated rings. The maximum atomic E-state index is 12.5. The molecule has 110 valence electrons. The van der Waals surface area contributed by atoms with Gasteiger partial charge in [0.1, 0.15) is 5.41 Å². The van der Waals surface area contributed by atoms with Gasteiger partial charge in [-0.1, -0.05) is 25.1 Å². The number of carbonyl (C=O) groups excluding carboxylic acids is 1. The van der Waals surface area contributed by atoms with Gasteiger partial charge < -0.3 is 16.3 Å². The monoisotopic (exact) mass is 278 g/mol. The van der Waals surface area contributed by atoms with Gasteiger partial charge in [-0.05, 0) is 31.9 Å². The minimum Gasteiger partial charge on any atom is -0.409 e. The lowest BCUT2D eigenvalue weighted by atomic mass is 9.80. The van der Waals surface area contributed by atoms with Gasteiger partial charge in [-0.3, -0.25) is 9.78 Å². The second-order valence-corrected chi connectivity index (χ2v) is 4.72. The summed E-state index contributed by atoms with van der Waals surface area (Å²) in [5.74, 6) is -0.316. The van der Waals surface area contributed by atoms with Gasteiger partial charge in [0.05, 0.1) is 11.7 Å². The molecule has 1 amide bonds. The van der Waals surface area contributed by atoms with E-state index in [0.29, 0.717) is 12.8 Å². The van der Waals surface area contributed by atoms with Gasteiger partial charge in [-0.2, -0.15) is 0 Å². The molecule has 4 N–H and O–H groups in total. The van der Waals surface area contributed by atoms with Crippen LogP contribution in [-0.2, 0) is 4.79 Å². The van der Waals surface area contributed by atoms with Crippen LogP contribution in [0.4, 0.5) is 0 Å². The van der Waals surface area contributed by atoms with Crippen LogP contribution < -0.4 is 11.1 Å². The summed E-state index contributed by atoms with van der Waals surface area (Å²) in [5, 5.41) is 14.8. The molecule has 1 atom stereocenters. The number of oxime groups is 1. The molecular weight excluding hydrogens is 256 g/mol. The molecule has 0 spiro atoms. The predicted octanol–water partition coefficient (Wildman–Crippen LogP) is 1.81. The molecule has 0 saturated carbocycles. The topological polar surface area (TPSA) is 101 Å². The van der Waals surface area contributed by atoms with Gasteiger partial charge in [-0.15, -0.1) is 0 Å². The molecule has 0 aliphatic rings. The Morgan fingerprint density at radius 1 is 1.50 bits per heavy atom.